The van der Waals surface area contributed by atoms with Crippen LogP contribution < -0.4 is 10.2 Å². The van der Waals surface area contributed by atoms with E-state index in [2.05, 4.69) is 37.1 Å². The maximum absolute atomic E-state index is 13.4. The molecule has 8 heteroatoms. The zero-order chi connectivity index (χ0) is 26.8. The summed E-state index contributed by atoms with van der Waals surface area (Å²) in [6.07, 6.45) is 0.323. The van der Waals surface area contributed by atoms with Crippen LogP contribution in [0.3, 0.4) is 0 Å². The van der Waals surface area contributed by atoms with Crippen LogP contribution in [-0.2, 0) is 25.5 Å². The number of hydrogen-bond donors (Lipinski definition) is 1. The number of hydrogen-bond acceptors (Lipinski definition) is 6. The third kappa shape index (κ3) is 6.58. The van der Waals surface area contributed by atoms with Gasteiger partial charge in [-0.15, -0.1) is 0 Å². The number of ether oxygens (including phenoxy) is 2. The zero-order valence-electron chi connectivity index (χ0n) is 23.1. The number of piperazine rings is 1. The topological polar surface area (TPSA) is 88.2 Å². The Morgan fingerprint density at radius 3 is 2.47 bits per heavy atom. The number of para-hydroxylation sites is 1. The van der Waals surface area contributed by atoms with Gasteiger partial charge in [0.05, 0.1) is 18.5 Å². The summed E-state index contributed by atoms with van der Waals surface area (Å²) in [6.45, 7) is 16.8. The normalized spacial score (nSPS) is 23.5. The average Bonchev–Trinajstić information content (AvgIpc) is 3.16. The highest BCUT2D eigenvalue weighted by atomic mass is 16.6. The third-order valence-electron chi connectivity index (χ3n) is 7.12. The van der Waals surface area contributed by atoms with E-state index in [-0.39, 0.29) is 35.8 Å². The van der Waals surface area contributed by atoms with E-state index in [9.17, 15) is 14.4 Å². The predicted molar refractivity (Wildman–Crippen MR) is 140 cm³/mol. The van der Waals surface area contributed by atoms with E-state index < -0.39 is 23.8 Å². The fraction of sp³-hybridized carbons (Fsp3) is 0.679. The Morgan fingerprint density at radius 1 is 1.22 bits per heavy atom. The number of amides is 2. The first-order valence-corrected chi connectivity index (χ1v) is 13.0. The summed E-state index contributed by atoms with van der Waals surface area (Å²) in [7, 11) is 0. The van der Waals surface area contributed by atoms with E-state index in [1.165, 1.54) is 0 Å². The molecule has 0 saturated carbocycles. The van der Waals surface area contributed by atoms with Gasteiger partial charge in [-0.2, -0.15) is 0 Å². The molecule has 1 N–H and O–H groups in total. The van der Waals surface area contributed by atoms with Gasteiger partial charge in [-0.05, 0) is 65.0 Å². The van der Waals surface area contributed by atoms with Gasteiger partial charge in [-0.3, -0.25) is 14.5 Å². The van der Waals surface area contributed by atoms with Crippen LogP contribution in [0.2, 0.25) is 0 Å². The van der Waals surface area contributed by atoms with E-state index in [0.717, 1.165) is 17.7 Å². The number of esters is 1. The molecule has 2 aliphatic heterocycles. The Bertz CT molecular complexity index is 968. The lowest BCUT2D eigenvalue weighted by molar-refractivity contribution is -0.146. The molecule has 2 saturated heterocycles. The largest absolute Gasteiger partial charge is 0.460 e. The number of cyclic esters (lactones) is 1. The van der Waals surface area contributed by atoms with E-state index >= 15 is 0 Å². The molecule has 2 heterocycles. The van der Waals surface area contributed by atoms with Crippen molar-refractivity contribution < 1.29 is 23.9 Å². The smallest absolute Gasteiger partial charge is 0.408 e. The Balaban J connectivity index is 1.82. The average molecular weight is 502 g/mol. The fourth-order valence-electron chi connectivity index (χ4n) is 5.02. The molecular weight excluding hydrogens is 458 g/mol. The molecule has 3 rings (SSSR count). The van der Waals surface area contributed by atoms with Crippen LogP contribution in [0.15, 0.2) is 24.3 Å². The molecule has 0 aliphatic carbocycles. The maximum atomic E-state index is 13.4. The molecule has 0 aromatic heterocycles. The van der Waals surface area contributed by atoms with Gasteiger partial charge in [0.25, 0.3) is 0 Å². The zero-order valence-corrected chi connectivity index (χ0v) is 23.1. The van der Waals surface area contributed by atoms with Gasteiger partial charge in [0, 0.05) is 24.3 Å². The van der Waals surface area contributed by atoms with Gasteiger partial charge in [-0.25, -0.2) is 4.79 Å². The number of benzene rings is 1. The fourth-order valence-corrected chi connectivity index (χ4v) is 5.02. The summed E-state index contributed by atoms with van der Waals surface area (Å²) in [6, 6.07) is 7.51. The van der Waals surface area contributed by atoms with Crippen molar-refractivity contribution in [3.8, 4) is 0 Å². The number of nitrogens with one attached hydrogen (secondary N) is 1. The number of alkyl carbamates (subject to hydrolysis) is 1. The highest BCUT2D eigenvalue weighted by Gasteiger charge is 2.45. The summed E-state index contributed by atoms with van der Waals surface area (Å²) in [5.74, 6) is -0.295. The second-order valence-corrected chi connectivity index (χ2v) is 12.0. The molecule has 0 unspecified atom stereocenters. The monoisotopic (exact) mass is 501 g/mol. The summed E-state index contributed by atoms with van der Waals surface area (Å²) >= 11 is 0. The van der Waals surface area contributed by atoms with Crippen LogP contribution in [0.1, 0.15) is 67.4 Å². The summed E-state index contributed by atoms with van der Waals surface area (Å²) in [5, 5.41) is 2.95. The van der Waals surface area contributed by atoms with Crippen molar-refractivity contribution in [3.63, 3.8) is 0 Å². The SMILES string of the molecule is CCc1ccccc1N1CC(C)(C)N(C[C@H](NC(=O)OC(C)(C)C)[C@@H]2C[C@@H](C(C)C)C(=O)O2)CC1=O. The van der Waals surface area contributed by atoms with Gasteiger partial charge >= 0.3 is 12.1 Å². The van der Waals surface area contributed by atoms with Crippen molar-refractivity contribution in [2.75, 3.05) is 24.5 Å². The minimum Gasteiger partial charge on any atom is -0.460 e. The Morgan fingerprint density at radius 2 is 1.89 bits per heavy atom. The number of carbonyl (C=O) groups is 3. The van der Waals surface area contributed by atoms with Crippen LogP contribution in [0.5, 0.6) is 0 Å². The number of carbonyl (C=O) groups excluding carboxylic acids is 3. The van der Waals surface area contributed by atoms with Crippen LogP contribution in [-0.4, -0.2) is 65.8 Å². The van der Waals surface area contributed by atoms with Gasteiger partial charge in [-0.1, -0.05) is 39.0 Å². The van der Waals surface area contributed by atoms with E-state index in [1.54, 1.807) is 20.8 Å². The number of aryl methyl sites for hydroxylation is 1. The Hall–Kier alpha value is -2.61. The maximum Gasteiger partial charge on any atom is 0.408 e. The lowest BCUT2D eigenvalue weighted by Gasteiger charge is -2.48. The molecule has 2 amide bonds. The van der Waals surface area contributed by atoms with Crippen molar-refractivity contribution in [1.29, 1.82) is 0 Å². The molecule has 0 radical (unpaired) electrons. The first kappa shape index (κ1) is 28.0. The Labute approximate surface area is 215 Å². The van der Waals surface area contributed by atoms with Crippen molar-refractivity contribution >= 4 is 23.7 Å². The van der Waals surface area contributed by atoms with Crippen molar-refractivity contribution in [2.24, 2.45) is 11.8 Å². The molecular formula is C28H43N3O5. The molecule has 1 aromatic carbocycles. The summed E-state index contributed by atoms with van der Waals surface area (Å²) in [5.41, 5.74) is 1.06. The summed E-state index contributed by atoms with van der Waals surface area (Å²) < 4.78 is 11.3. The molecule has 0 spiro atoms. The van der Waals surface area contributed by atoms with Crippen LogP contribution in [0, 0.1) is 11.8 Å². The quantitative estimate of drug-likeness (QED) is 0.565. The van der Waals surface area contributed by atoms with Crippen molar-refractivity contribution in [1.82, 2.24) is 10.2 Å². The minimum absolute atomic E-state index is 0.00900. The molecule has 200 valence electrons. The second-order valence-electron chi connectivity index (χ2n) is 12.0. The van der Waals surface area contributed by atoms with Crippen LogP contribution in [0.25, 0.3) is 0 Å². The number of rotatable bonds is 7. The molecule has 36 heavy (non-hydrogen) atoms. The standard InChI is InChI=1S/C28H43N3O5/c1-9-19-12-10-11-13-22(19)31-17-28(7,8)30(16-24(31)32)15-21(29-26(34)36-27(4,5)6)23-14-20(18(2)3)25(33)35-23/h10-13,18,20-21,23H,9,14-17H2,1-8H3,(H,29,34)/t20-,21-,23-/m0/s1. The number of nitrogens with zero attached hydrogens (tertiary/aromatic N) is 2. The van der Waals surface area contributed by atoms with Gasteiger partial charge in [0.2, 0.25) is 5.91 Å². The first-order chi connectivity index (χ1) is 16.7. The van der Waals surface area contributed by atoms with E-state index in [0.29, 0.717) is 19.5 Å². The minimum atomic E-state index is -0.658. The molecule has 1 aromatic rings. The Kier molecular flexibility index (Phi) is 8.38. The summed E-state index contributed by atoms with van der Waals surface area (Å²) in [4.78, 5) is 42.6. The molecule has 8 nitrogen and oxygen atoms in total. The number of anilines is 1. The molecule has 2 aliphatic rings. The lowest BCUT2D eigenvalue weighted by Crippen LogP contribution is -2.65. The lowest BCUT2D eigenvalue weighted by atomic mass is 9.90. The molecule has 2 fully saturated rings. The molecule has 0 bridgehead atoms. The van der Waals surface area contributed by atoms with Gasteiger partial charge < -0.3 is 19.7 Å². The van der Waals surface area contributed by atoms with E-state index in [4.69, 9.17) is 9.47 Å². The van der Waals surface area contributed by atoms with Crippen molar-refractivity contribution in [2.45, 2.75) is 91.5 Å². The van der Waals surface area contributed by atoms with Gasteiger partial charge in [0.1, 0.15) is 11.7 Å². The van der Waals surface area contributed by atoms with E-state index in [1.807, 2.05) is 36.9 Å². The van der Waals surface area contributed by atoms with Crippen molar-refractivity contribution in [3.05, 3.63) is 29.8 Å². The first-order valence-electron chi connectivity index (χ1n) is 13.0. The second kappa shape index (κ2) is 10.8. The molecule has 3 atom stereocenters. The van der Waals surface area contributed by atoms with Crippen LogP contribution >= 0.6 is 0 Å². The van der Waals surface area contributed by atoms with Crippen LogP contribution in [0.4, 0.5) is 10.5 Å². The highest BCUT2D eigenvalue weighted by Crippen LogP contribution is 2.33. The third-order valence-corrected chi connectivity index (χ3v) is 7.12. The van der Waals surface area contributed by atoms with Gasteiger partial charge in [0.15, 0.2) is 0 Å². The predicted octanol–water partition coefficient (Wildman–Crippen LogP) is 4.16. The highest BCUT2D eigenvalue weighted by molar-refractivity contribution is 5.96.